The molecule has 2 aromatic carbocycles. The van der Waals surface area contributed by atoms with E-state index in [0.29, 0.717) is 28.7 Å². The number of carbonyl (C=O) groups excluding carboxylic acids is 2. The average molecular weight is 427 g/mol. The maximum Gasteiger partial charge on any atom is 0.286 e. The average Bonchev–Trinajstić information content (AvgIpc) is 3.25. The molecule has 1 saturated heterocycles. The fraction of sp³-hybridized carbons (Fsp3) is 0.238. The van der Waals surface area contributed by atoms with Gasteiger partial charge in [0.25, 0.3) is 11.8 Å². The molecular formula is C21H19ClN4O2S. The maximum atomic E-state index is 12.7. The van der Waals surface area contributed by atoms with Crippen LogP contribution in [-0.4, -0.2) is 40.0 Å². The molecule has 0 unspecified atom stereocenters. The molecule has 1 fully saturated rings. The zero-order valence-electron chi connectivity index (χ0n) is 15.5. The number of halogens is 1. The summed E-state index contributed by atoms with van der Waals surface area (Å²) in [7, 11) is 0. The molecule has 0 saturated carbocycles. The first-order valence-electron chi connectivity index (χ1n) is 9.35. The van der Waals surface area contributed by atoms with Crippen molar-refractivity contribution in [3.8, 4) is 0 Å². The molecule has 0 aliphatic carbocycles. The number of amides is 2. The second-order valence-corrected chi connectivity index (χ2v) is 8.23. The zero-order valence-corrected chi connectivity index (χ0v) is 17.1. The lowest BCUT2D eigenvalue weighted by molar-refractivity contribution is 0.0713. The van der Waals surface area contributed by atoms with E-state index in [-0.39, 0.29) is 17.7 Å². The van der Waals surface area contributed by atoms with Gasteiger partial charge in [0, 0.05) is 24.7 Å². The molecule has 0 spiro atoms. The molecule has 6 nitrogen and oxygen atoms in total. The Morgan fingerprint density at radius 1 is 1.00 bits per heavy atom. The van der Waals surface area contributed by atoms with Crippen LogP contribution in [0.1, 0.15) is 43.9 Å². The highest BCUT2D eigenvalue weighted by atomic mass is 35.5. The second-order valence-electron chi connectivity index (χ2n) is 6.81. The topological polar surface area (TPSA) is 75.2 Å². The van der Waals surface area contributed by atoms with Gasteiger partial charge in [-0.05, 0) is 37.1 Å². The van der Waals surface area contributed by atoms with Crippen molar-refractivity contribution < 1.29 is 9.59 Å². The summed E-state index contributed by atoms with van der Waals surface area (Å²) in [4.78, 5) is 26.9. The first-order valence-corrected chi connectivity index (χ1v) is 10.5. The van der Waals surface area contributed by atoms with E-state index in [1.165, 1.54) is 11.3 Å². The van der Waals surface area contributed by atoms with Gasteiger partial charge in [-0.2, -0.15) is 0 Å². The van der Waals surface area contributed by atoms with Crippen LogP contribution in [0.4, 0.5) is 5.69 Å². The fourth-order valence-electron chi connectivity index (χ4n) is 3.33. The molecule has 4 rings (SSSR count). The maximum absolute atomic E-state index is 12.7. The number of para-hydroxylation sites is 1. The van der Waals surface area contributed by atoms with Gasteiger partial charge in [0.05, 0.1) is 10.6 Å². The van der Waals surface area contributed by atoms with Crippen LogP contribution >= 0.6 is 22.9 Å². The highest BCUT2D eigenvalue weighted by molar-refractivity contribution is 7.13. The van der Waals surface area contributed by atoms with Gasteiger partial charge in [0.1, 0.15) is 5.01 Å². The second kappa shape index (κ2) is 8.71. The molecule has 148 valence electrons. The van der Waals surface area contributed by atoms with Crippen molar-refractivity contribution >= 4 is 40.4 Å². The predicted octanol–water partition coefficient (Wildman–Crippen LogP) is 4.46. The number of carbonyl (C=O) groups is 2. The molecule has 8 heteroatoms. The monoisotopic (exact) mass is 426 g/mol. The molecule has 29 heavy (non-hydrogen) atoms. The molecule has 1 aromatic heterocycles. The van der Waals surface area contributed by atoms with E-state index in [1.54, 1.807) is 12.1 Å². The highest BCUT2D eigenvalue weighted by Crippen LogP contribution is 2.31. The summed E-state index contributed by atoms with van der Waals surface area (Å²) in [6, 6.07) is 16.4. The molecule has 0 bridgehead atoms. The summed E-state index contributed by atoms with van der Waals surface area (Å²) in [5.74, 6) is -0.110. The Labute approximate surface area is 177 Å². The fourth-order valence-corrected chi connectivity index (χ4v) is 4.46. The Balaban J connectivity index is 1.36. The van der Waals surface area contributed by atoms with E-state index < -0.39 is 0 Å². The van der Waals surface area contributed by atoms with Crippen molar-refractivity contribution in [1.29, 1.82) is 0 Å². The number of rotatable bonds is 4. The van der Waals surface area contributed by atoms with E-state index in [1.807, 2.05) is 47.4 Å². The third-order valence-corrected chi connectivity index (χ3v) is 6.32. The number of nitrogens with one attached hydrogen (secondary N) is 1. The molecule has 0 radical (unpaired) electrons. The van der Waals surface area contributed by atoms with Gasteiger partial charge < -0.3 is 10.2 Å². The van der Waals surface area contributed by atoms with Gasteiger partial charge in [-0.1, -0.05) is 53.3 Å². The molecule has 1 aliphatic heterocycles. The molecule has 3 aromatic rings. The van der Waals surface area contributed by atoms with Crippen molar-refractivity contribution in [2.24, 2.45) is 0 Å². The molecule has 2 heterocycles. The van der Waals surface area contributed by atoms with Gasteiger partial charge in [-0.15, -0.1) is 10.2 Å². The number of hydrogen-bond donors (Lipinski definition) is 1. The van der Waals surface area contributed by atoms with E-state index in [2.05, 4.69) is 15.5 Å². The van der Waals surface area contributed by atoms with E-state index in [0.717, 1.165) is 23.5 Å². The first kappa shape index (κ1) is 19.5. The third-order valence-electron chi connectivity index (χ3n) is 4.90. The quantitative estimate of drug-likeness (QED) is 0.668. The minimum atomic E-state index is -0.258. The number of likely N-dealkylation sites (tertiary alicyclic amines) is 1. The largest absolute Gasteiger partial charge is 0.339 e. The van der Waals surface area contributed by atoms with Crippen LogP contribution in [0.25, 0.3) is 0 Å². The Hall–Kier alpha value is -2.77. The van der Waals surface area contributed by atoms with Gasteiger partial charge in [0.15, 0.2) is 0 Å². The molecular weight excluding hydrogens is 408 g/mol. The summed E-state index contributed by atoms with van der Waals surface area (Å²) in [6.07, 6.45) is 1.57. The van der Waals surface area contributed by atoms with Crippen LogP contribution in [-0.2, 0) is 0 Å². The number of benzene rings is 2. The molecule has 1 N–H and O–H groups in total. The number of piperidine rings is 1. The van der Waals surface area contributed by atoms with Crippen LogP contribution in [0.2, 0.25) is 5.02 Å². The number of hydrogen-bond acceptors (Lipinski definition) is 5. The number of anilines is 1. The summed E-state index contributed by atoms with van der Waals surface area (Å²) in [5, 5.41) is 12.8. The smallest absolute Gasteiger partial charge is 0.286 e. The van der Waals surface area contributed by atoms with E-state index >= 15 is 0 Å². The van der Waals surface area contributed by atoms with Crippen LogP contribution in [0.5, 0.6) is 0 Å². The van der Waals surface area contributed by atoms with Crippen LogP contribution in [0.3, 0.4) is 0 Å². The minimum Gasteiger partial charge on any atom is -0.339 e. The van der Waals surface area contributed by atoms with Gasteiger partial charge in [-0.3, -0.25) is 9.59 Å². The summed E-state index contributed by atoms with van der Waals surface area (Å²) < 4.78 is 0. The highest BCUT2D eigenvalue weighted by Gasteiger charge is 2.28. The van der Waals surface area contributed by atoms with E-state index in [9.17, 15) is 9.59 Å². The summed E-state index contributed by atoms with van der Waals surface area (Å²) in [5.41, 5.74) is 1.25. The Bertz CT molecular complexity index is 1020. The lowest BCUT2D eigenvalue weighted by Gasteiger charge is -2.31. The van der Waals surface area contributed by atoms with Gasteiger partial charge in [-0.25, -0.2) is 0 Å². The summed E-state index contributed by atoms with van der Waals surface area (Å²) >= 11 is 7.47. The summed E-state index contributed by atoms with van der Waals surface area (Å²) in [6.45, 7) is 1.25. The lowest BCUT2D eigenvalue weighted by atomic mass is 9.97. The molecule has 1 aliphatic rings. The molecule has 2 amide bonds. The standard InChI is InChI=1S/C21H19ClN4O2S/c22-17-9-5-4-8-16(17)21(28)26-12-10-14(11-13-26)19-24-25-20(29-19)18(27)23-15-6-2-1-3-7-15/h1-9,14H,10-13H2,(H,23,27). The Morgan fingerprint density at radius 3 is 2.41 bits per heavy atom. The SMILES string of the molecule is O=C(Nc1ccccc1)c1nnc(C2CCN(C(=O)c3ccccc3Cl)CC2)s1. The van der Waals surface area contributed by atoms with E-state index in [4.69, 9.17) is 11.6 Å². The number of aromatic nitrogens is 2. The van der Waals surface area contributed by atoms with Crippen LogP contribution in [0, 0.1) is 0 Å². The van der Waals surface area contributed by atoms with Gasteiger partial charge >= 0.3 is 0 Å². The third kappa shape index (κ3) is 4.46. The first-order chi connectivity index (χ1) is 14.1. The van der Waals surface area contributed by atoms with Crippen molar-refractivity contribution in [2.75, 3.05) is 18.4 Å². The van der Waals surface area contributed by atoms with Crippen molar-refractivity contribution in [3.05, 3.63) is 75.2 Å². The Morgan fingerprint density at radius 2 is 1.69 bits per heavy atom. The lowest BCUT2D eigenvalue weighted by Crippen LogP contribution is -2.38. The van der Waals surface area contributed by atoms with Crippen LogP contribution < -0.4 is 5.32 Å². The van der Waals surface area contributed by atoms with Crippen molar-refractivity contribution in [3.63, 3.8) is 0 Å². The zero-order chi connectivity index (χ0) is 20.2. The van der Waals surface area contributed by atoms with Gasteiger partial charge in [0.2, 0.25) is 5.01 Å². The van der Waals surface area contributed by atoms with Crippen molar-refractivity contribution in [1.82, 2.24) is 15.1 Å². The van der Waals surface area contributed by atoms with Crippen LogP contribution in [0.15, 0.2) is 54.6 Å². The number of nitrogens with zero attached hydrogens (tertiary/aromatic N) is 3. The Kier molecular flexibility index (Phi) is 5.87. The molecule has 0 atom stereocenters. The van der Waals surface area contributed by atoms with Crippen molar-refractivity contribution in [2.45, 2.75) is 18.8 Å². The normalized spacial score (nSPS) is 14.6. The predicted molar refractivity (Wildman–Crippen MR) is 114 cm³/mol. The minimum absolute atomic E-state index is 0.0470.